The van der Waals surface area contributed by atoms with Crippen LogP contribution in [0.15, 0.2) is 18.2 Å². The summed E-state index contributed by atoms with van der Waals surface area (Å²) in [6.07, 6.45) is -1.88. The summed E-state index contributed by atoms with van der Waals surface area (Å²) in [7, 11) is 0. The fraction of sp³-hybridized carbons (Fsp3) is 0.273. The van der Waals surface area contributed by atoms with Gasteiger partial charge in [0.1, 0.15) is 0 Å². The lowest BCUT2D eigenvalue weighted by Gasteiger charge is -2.11. The van der Waals surface area contributed by atoms with Crippen molar-refractivity contribution in [3.8, 4) is 0 Å². The lowest BCUT2D eigenvalue weighted by Crippen LogP contribution is -2.15. The number of carboxylic acids is 1. The molecule has 1 aromatic rings. The number of Topliss-reactive ketones (excluding diaryl/α,β-unsaturated/α-hetero) is 1. The van der Waals surface area contributed by atoms with Crippen LogP contribution in [0.5, 0.6) is 0 Å². The monoisotopic (exact) mass is 331 g/mol. The van der Waals surface area contributed by atoms with Gasteiger partial charge in [0.2, 0.25) is 0 Å². The molecular formula is C11H10BrNO6. The molecule has 0 aromatic heterocycles. The SMILES string of the molecule is O=C(CCBr)c1ccc([N+](=O)[O-])cc1C(O)C(=O)O. The number of carboxylic acid groups (broad SMARTS) is 1. The summed E-state index contributed by atoms with van der Waals surface area (Å²) in [4.78, 5) is 32.5. The number of aliphatic hydroxyl groups excluding tert-OH is 1. The predicted molar refractivity (Wildman–Crippen MR) is 68.4 cm³/mol. The molecule has 2 N–H and O–H groups in total. The van der Waals surface area contributed by atoms with E-state index in [1.165, 1.54) is 0 Å². The number of benzene rings is 1. The number of hydrogen-bond donors (Lipinski definition) is 2. The second-order valence-corrected chi connectivity index (χ2v) is 4.42. The van der Waals surface area contributed by atoms with Crippen molar-refractivity contribution in [2.24, 2.45) is 0 Å². The third kappa shape index (κ3) is 3.58. The van der Waals surface area contributed by atoms with E-state index in [0.29, 0.717) is 5.33 Å². The maximum Gasteiger partial charge on any atom is 0.337 e. The van der Waals surface area contributed by atoms with Crippen molar-refractivity contribution in [2.45, 2.75) is 12.5 Å². The number of non-ortho nitro benzene ring substituents is 1. The molecule has 0 fully saturated rings. The number of nitro benzene ring substituents is 1. The second-order valence-electron chi connectivity index (χ2n) is 3.63. The number of aliphatic carboxylic acids is 1. The topological polar surface area (TPSA) is 118 Å². The number of nitro groups is 1. The summed E-state index contributed by atoms with van der Waals surface area (Å²) >= 11 is 3.07. The molecule has 0 heterocycles. The fourth-order valence-corrected chi connectivity index (χ4v) is 1.86. The molecule has 7 nitrogen and oxygen atoms in total. The van der Waals surface area contributed by atoms with Gasteiger partial charge in [0, 0.05) is 35.0 Å². The maximum absolute atomic E-state index is 11.8. The van der Waals surface area contributed by atoms with Crippen LogP contribution in [0.1, 0.15) is 28.4 Å². The maximum atomic E-state index is 11.8. The highest BCUT2D eigenvalue weighted by Crippen LogP contribution is 2.25. The summed E-state index contributed by atoms with van der Waals surface area (Å²) < 4.78 is 0. The van der Waals surface area contributed by atoms with E-state index in [2.05, 4.69) is 15.9 Å². The quantitative estimate of drug-likeness (QED) is 0.354. The van der Waals surface area contributed by atoms with E-state index in [-0.39, 0.29) is 23.2 Å². The molecule has 19 heavy (non-hydrogen) atoms. The zero-order valence-corrected chi connectivity index (χ0v) is 11.2. The summed E-state index contributed by atoms with van der Waals surface area (Å²) in [6.45, 7) is 0. The molecule has 0 saturated carbocycles. The van der Waals surface area contributed by atoms with Crippen LogP contribution < -0.4 is 0 Å². The average molecular weight is 332 g/mol. The van der Waals surface area contributed by atoms with E-state index < -0.39 is 22.8 Å². The van der Waals surface area contributed by atoms with Gasteiger partial charge in [-0.25, -0.2) is 4.79 Å². The van der Waals surface area contributed by atoms with Gasteiger partial charge >= 0.3 is 5.97 Å². The molecule has 0 aliphatic carbocycles. The Balaban J connectivity index is 3.34. The first-order valence-electron chi connectivity index (χ1n) is 5.17. The Hall–Kier alpha value is -1.80. The predicted octanol–water partition coefficient (Wildman–Crippen LogP) is 1.68. The van der Waals surface area contributed by atoms with E-state index in [9.17, 15) is 24.8 Å². The fourth-order valence-electron chi connectivity index (χ4n) is 1.50. The van der Waals surface area contributed by atoms with Crippen molar-refractivity contribution in [2.75, 3.05) is 5.33 Å². The molecule has 1 unspecified atom stereocenters. The number of hydrogen-bond acceptors (Lipinski definition) is 5. The highest BCUT2D eigenvalue weighted by molar-refractivity contribution is 9.09. The van der Waals surface area contributed by atoms with Crippen LogP contribution >= 0.6 is 15.9 Å². The molecule has 0 radical (unpaired) electrons. The smallest absolute Gasteiger partial charge is 0.337 e. The molecule has 0 aliphatic heterocycles. The van der Waals surface area contributed by atoms with Crippen LogP contribution in [0, 0.1) is 10.1 Å². The molecule has 0 spiro atoms. The molecule has 0 amide bonds. The number of halogens is 1. The van der Waals surface area contributed by atoms with E-state index >= 15 is 0 Å². The molecular weight excluding hydrogens is 322 g/mol. The van der Waals surface area contributed by atoms with Crippen molar-refractivity contribution in [1.29, 1.82) is 0 Å². The Labute approximate surface area is 116 Å². The molecule has 1 aromatic carbocycles. The van der Waals surface area contributed by atoms with Gasteiger partial charge in [-0.05, 0) is 6.07 Å². The van der Waals surface area contributed by atoms with Gasteiger partial charge in [-0.1, -0.05) is 15.9 Å². The number of carbonyl (C=O) groups excluding carboxylic acids is 1. The number of carbonyl (C=O) groups is 2. The minimum absolute atomic E-state index is 0.0278. The Morgan fingerprint density at radius 2 is 2.05 bits per heavy atom. The zero-order chi connectivity index (χ0) is 14.6. The molecule has 1 rings (SSSR count). The number of ketones is 1. The van der Waals surface area contributed by atoms with E-state index in [4.69, 9.17) is 5.11 Å². The van der Waals surface area contributed by atoms with Gasteiger partial charge in [-0.15, -0.1) is 0 Å². The first kappa shape index (κ1) is 15.3. The Morgan fingerprint density at radius 1 is 1.42 bits per heavy atom. The second kappa shape index (κ2) is 6.39. The van der Waals surface area contributed by atoms with Gasteiger partial charge in [0.25, 0.3) is 5.69 Å². The van der Waals surface area contributed by atoms with E-state index in [0.717, 1.165) is 18.2 Å². The summed E-state index contributed by atoms with van der Waals surface area (Å²) in [5.41, 5.74) is -0.682. The van der Waals surface area contributed by atoms with Crippen LogP contribution in [0.2, 0.25) is 0 Å². The lowest BCUT2D eigenvalue weighted by molar-refractivity contribution is -0.385. The third-order valence-electron chi connectivity index (χ3n) is 2.40. The van der Waals surface area contributed by atoms with Gasteiger partial charge < -0.3 is 10.2 Å². The Bertz CT molecular complexity index is 530. The van der Waals surface area contributed by atoms with Crippen molar-refractivity contribution in [1.82, 2.24) is 0 Å². The summed E-state index contributed by atoms with van der Waals surface area (Å²) in [5.74, 6) is -1.98. The number of alkyl halides is 1. The lowest BCUT2D eigenvalue weighted by atomic mass is 9.97. The highest BCUT2D eigenvalue weighted by atomic mass is 79.9. The minimum Gasteiger partial charge on any atom is -0.479 e. The van der Waals surface area contributed by atoms with Gasteiger partial charge in [0.15, 0.2) is 11.9 Å². The number of rotatable bonds is 6. The molecule has 1 atom stereocenters. The highest BCUT2D eigenvalue weighted by Gasteiger charge is 2.25. The summed E-state index contributed by atoms with van der Waals surface area (Å²) in [5, 5.41) is 29.3. The van der Waals surface area contributed by atoms with Crippen LogP contribution in [-0.4, -0.2) is 32.2 Å². The largest absolute Gasteiger partial charge is 0.479 e. The number of nitrogens with zero attached hydrogens (tertiary/aromatic N) is 1. The molecule has 0 saturated heterocycles. The average Bonchev–Trinajstić information content (AvgIpc) is 2.37. The van der Waals surface area contributed by atoms with Crippen LogP contribution in [0.4, 0.5) is 5.69 Å². The van der Waals surface area contributed by atoms with Crippen molar-refractivity contribution >= 4 is 33.4 Å². The Kier molecular flexibility index (Phi) is 5.13. The van der Waals surface area contributed by atoms with Crippen LogP contribution in [0.25, 0.3) is 0 Å². The van der Waals surface area contributed by atoms with E-state index in [1.54, 1.807) is 0 Å². The van der Waals surface area contributed by atoms with Crippen molar-refractivity contribution < 1.29 is 24.7 Å². The normalized spacial score (nSPS) is 11.9. The summed E-state index contributed by atoms with van der Waals surface area (Å²) in [6, 6.07) is 3.16. The van der Waals surface area contributed by atoms with E-state index in [1.807, 2.05) is 0 Å². The van der Waals surface area contributed by atoms with Crippen LogP contribution in [-0.2, 0) is 4.79 Å². The zero-order valence-electron chi connectivity index (χ0n) is 9.58. The van der Waals surface area contributed by atoms with Gasteiger partial charge in [0.05, 0.1) is 4.92 Å². The van der Waals surface area contributed by atoms with Crippen molar-refractivity contribution in [3.05, 3.63) is 39.4 Å². The molecule has 102 valence electrons. The van der Waals surface area contributed by atoms with Crippen molar-refractivity contribution in [3.63, 3.8) is 0 Å². The Morgan fingerprint density at radius 3 is 2.53 bits per heavy atom. The molecule has 0 aliphatic rings. The third-order valence-corrected chi connectivity index (χ3v) is 2.79. The first-order chi connectivity index (χ1) is 8.88. The minimum atomic E-state index is -1.98. The van der Waals surface area contributed by atoms with Gasteiger partial charge in [-0.2, -0.15) is 0 Å². The standard InChI is InChI=1S/C11H10BrNO6/c12-4-3-9(14)7-2-1-6(13(18)19)5-8(7)10(15)11(16)17/h1-2,5,10,15H,3-4H2,(H,16,17). The van der Waals surface area contributed by atoms with Crippen LogP contribution in [0.3, 0.4) is 0 Å². The number of aliphatic hydroxyl groups is 1. The molecule has 8 heteroatoms. The first-order valence-corrected chi connectivity index (χ1v) is 6.29. The molecule has 0 bridgehead atoms. The van der Waals surface area contributed by atoms with Gasteiger partial charge in [-0.3, -0.25) is 14.9 Å².